The highest BCUT2D eigenvalue weighted by Gasteiger charge is 2.14. The third-order valence-corrected chi connectivity index (χ3v) is 4.98. The summed E-state index contributed by atoms with van der Waals surface area (Å²) in [7, 11) is 0. The molecule has 0 bridgehead atoms. The predicted molar refractivity (Wildman–Crippen MR) is 114 cm³/mol. The van der Waals surface area contributed by atoms with Crippen LogP contribution in [-0.4, -0.2) is 19.6 Å². The molecule has 0 fully saturated rings. The second kappa shape index (κ2) is 6.63. The molecule has 0 aliphatic rings. The van der Waals surface area contributed by atoms with Crippen molar-refractivity contribution in [1.82, 2.24) is 19.6 Å². The van der Waals surface area contributed by atoms with Crippen LogP contribution in [0.25, 0.3) is 33.4 Å². The van der Waals surface area contributed by atoms with Gasteiger partial charge < -0.3 is 9.15 Å². The third kappa shape index (κ3) is 2.74. The van der Waals surface area contributed by atoms with Gasteiger partial charge in [-0.3, -0.25) is 0 Å². The predicted octanol–water partition coefficient (Wildman–Crippen LogP) is 5.75. The van der Waals surface area contributed by atoms with Crippen molar-refractivity contribution in [3.8, 4) is 22.9 Å². The zero-order chi connectivity index (χ0) is 19.9. The normalized spacial score (nSPS) is 11.3. The molecule has 144 valence electrons. The summed E-state index contributed by atoms with van der Waals surface area (Å²) in [5.74, 6) is 1.46. The molecule has 0 spiro atoms. The summed E-state index contributed by atoms with van der Waals surface area (Å²) >= 11 is 0. The first-order chi connectivity index (χ1) is 14.8. The molecule has 0 atom stereocenters. The van der Waals surface area contributed by atoms with Gasteiger partial charge in [0.25, 0.3) is 0 Å². The zero-order valence-electron chi connectivity index (χ0n) is 15.8. The maximum absolute atomic E-state index is 6.13. The van der Waals surface area contributed by atoms with Crippen LogP contribution in [0.1, 0.15) is 0 Å². The SMILES string of the molecule is c1cc(Oc2cccc(-n3ncc4oc5ccccc5c43)c2)cc(-n2cccn2)c1. The Bertz CT molecular complexity index is 1480. The molecule has 0 unspecified atom stereocenters. The Hall–Kier alpha value is -4.32. The Morgan fingerprint density at radius 2 is 1.53 bits per heavy atom. The van der Waals surface area contributed by atoms with Crippen molar-refractivity contribution in [3.05, 3.63) is 97.5 Å². The van der Waals surface area contributed by atoms with Gasteiger partial charge in [-0.25, -0.2) is 9.36 Å². The van der Waals surface area contributed by atoms with Gasteiger partial charge in [-0.1, -0.05) is 24.3 Å². The van der Waals surface area contributed by atoms with Crippen molar-refractivity contribution >= 4 is 22.1 Å². The molecule has 3 heterocycles. The lowest BCUT2D eigenvalue weighted by Crippen LogP contribution is -1.97. The van der Waals surface area contributed by atoms with E-state index in [0.717, 1.165) is 44.9 Å². The minimum Gasteiger partial charge on any atom is -0.457 e. The summed E-state index contributed by atoms with van der Waals surface area (Å²) in [6, 6.07) is 25.5. The number of furan rings is 1. The highest BCUT2D eigenvalue weighted by molar-refractivity contribution is 6.03. The van der Waals surface area contributed by atoms with E-state index in [1.54, 1.807) is 17.1 Å². The van der Waals surface area contributed by atoms with E-state index in [1.807, 2.05) is 89.7 Å². The van der Waals surface area contributed by atoms with E-state index >= 15 is 0 Å². The van der Waals surface area contributed by atoms with Crippen molar-refractivity contribution in [2.75, 3.05) is 0 Å². The van der Waals surface area contributed by atoms with E-state index in [0.29, 0.717) is 0 Å². The van der Waals surface area contributed by atoms with Crippen LogP contribution in [0.4, 0.5) is 0 Å². The number of para-hydroxylation sites is 1. The van der Waals surface area contributed by atoms with Crippen LogP contribution in [0.3, 0.4) is 0 Å². The van der Waals surface area contributed by atoms with Crippen LogP contribution < -0.4 is 4.74 Å². The quantitative estimate of drug-likeness (QED) is 0.383. The fourth-order valence-corrected chi connectivity index (χ4v) is 3.65. The minimum absolute atomic E-state index is 0.724. The first-order valence-corrected chi connectivity index (χ1v) is 9.59. The monoisotopic (exact) mass is 392 g/mol. The summed E-state index contributed by atoms with van der Waals surface area (Å²) < 4.78 is 15.7. The number of nitrogens with zero attached hydrogens (tertiary/aromatic N) is 4. The Labute approximate surface area is 171 Å². The number of rotatable bonds is 4. The van der Waals surface area contributed by atoms with Crippen molar-refractivity contribution in [2.45, 2.75) is 0 Å². The number of fused-ring (bicyclic) bond motifs is 3. The molecular weight excluding hydrogens is 376 g/mol. The van der Waals surface area contributed by atoms with Gasteiger partial charge in [0.2, 0.25) is 0 Å². The van der Waals surface area contributed by atoms with E-state index < -0.39 is 0 Å². The fourth-order valence-electron chi connectivity index (χ4n) is 3.65. The molecule has 0 radical (unpaired) electrons. The number of hydrogen-bond acceptors (Lipinski definition) is 4. The molecule has 0 aliphatic carbocycles. The average Bonchev–Trinajstić information content (AvgIpc) is 3.51. The lowest BCUT2D eigenvalue weighted by Gasteiger charge is -2.10. The number of hydrogen-bond donors (Lipinski definition) is 0. The van der Waals surface area contributed by atoms with Gasteiger partial charge in [-0.15, -0.1) is 0 Å². The summed E-state index contributed by atoms with van der Waals surface area (Å²) in [4.78, 5) is 0. The van der Waals surface area contributed by atoms with Crippen molar-refractivity contribution in [1.29, 1.82) is 0 Å². The van der Waals surface area contributed by atoms with E-state index in [1.165, 1.54) is 0 Å². The minimum atomic E-state index is 0.724. The summed E-state index contributed by atoms with van der Waals surface area (Å²) in [5.41, 5.74) is 4.39. The van der Waals surface area contributed by atoms with Gasteiger partial charge in [0.05, 0.1) is 17.6 Å². The van der Waals surface area contributed by atoms with E-state index in [4.69, 9.17) is 9.15 Å². The zero-order valence-corrected chi connectivity index (χ0v) is 15.8. The lowest BCUT2D eigenvalue weighted by molar-refractivity contribution is 0.482. The van der Waals surface area contributed by atoms with Crippen LogP contribution in [0.5, 0.6) is 11.5 Å². The third-order valence-electron chi connectivity index (χ3n) is 4.98. The van der Waals surface area contributed by atoms with Crippen molar-refractivity contribution in [2.24, 2.45) is 0 Å². The Morgan fingerprint density at radius 3 is 2.37 bits per heavy atom. The molecule has 6 aromatic rings. The Balaban J connectivity index is 1.38. The van der Waals surface area contributed by atoms with Gasteiger partial charge in [-0.05, 0) is 42.5 Å². The first kappa shape index (κ1) is 16.6. The summed E-state index contributed by atoms with van der Waals surface area (Å²) in [6.45, 7) is 0. The molecule has 0 aliphatic heterocycles. The van der Waals surface area contributed by atoms with Gasteiger partial charge in [0.15, 0.2) is 5.58 Å². The highest BCUT2D eigenvalue weighted by Crippen LogP contribution is 2.31. The van der Waals surface area contributed by atoms with Gasteiger partial charge >= 0.3 is 0 Å². The van der Waals surface area contributed by atoms with Crippen LogP contribution in [0, 0.1) is 0 Å². The molecule has 3 aromatic carbocycles. The smallest absolute Gasteiger partial charge is 0.173 e. The lowest BCUT2D eigenvalue weighted by atomic mass is 10.2. The van der Waals surface area contributed by atoms with Crippen LogP contribution in [0.15, 0.2) is 102 Å². The highest BCUT2D eigenvalue weighted by atomic mass is 16.5. The van der Waals surface area contributed by atoms with Crippen LogP contribution in [-0.2, 0) is 0 Å². The molecular formula is C24H16N4O2. The first-order valence-electron chi connectivity index (χ1n) is 9.59. The second-order valence-corrected chi connectivity index (χ2v) is 6.91. The van der Waals surface area contributed by atoms with Crippen LogP contribution >= 0.6 is 0 Å². The second-order valence-electron chi connectivity index (χ2n) is 6.91. The van der Waals surface area contributed by atoms with Gasteiger partial charge in [0.1, 0.15) is 22.6 Å². The van der Waals surface area contributed by atoms with Crippen LogP contribution in [0.2, 0.25) is 0 Å². The fraction of sp³-hybridized carbons (Fsp3) is 0. The maximum Gasteiger partial charge on any atom is 0.173 e. The van der Waals surface area contributed by atoms with E-state index in [9.17, 15) is 0 Å². The molecule has 6 rings (SSSR count). The Morgan fingerprint density at radius 1 is 0.733 bits per heavy atom. The molecule has 6 nitrogen and oxygen atoms in total. The van der Waals surface area contributed by atoms with Crippen molar-refractivity contribution in [3.63, 3.8) is 0 Å². The molecule has 0 saturated heterocycles. The number of benzene rings is 3. The molecule has 0 saturated carbocycles. The maximum atomic E-state index is 6.13. The molecule has 0 N–H and O–H groups in total. The van der Waals surface area contributed by atoms with Crippen molar-refractivity contribution < 1.29 is 9.15 Å². The largest absolute Gasteiger partial charge is 0.457 e. The number of ether oxygens (including phenoxy) is 1. The topological polar surface area (TPSA) is 58.0 Å². The number of aromatic nitrogens is 4. The van der Waals surface area contributed by atoms with E-state index in [2.05, 4.69) is 10.2 Å². The van der Waals surface area contributed by atoms with E-state index in [-0.39, 0.29) is 0 Å². The van der Waals surface area contributed by atoms with Gasteiger partial charge in [-0.2, -0.15) is 10.2 Å². The standard InChI is InChI=1S/C24H16N4O2/c1-2-11-22-21(10-1)24-23(30-22)16-26-28(24)18-7-4-9-20(15-18)29-19-8-3-6-17(14-19)27-13-5-12-25-27/h1-16H. The molecule has 6 heteroatoms. The summed E-state index contributed by atoms with van der Waals surface area (Å²) in [6.07, 6.45) is 5.40. The molecule has 30 heavy (non-hydrogen) atoms. The average molecular weight is 392 g/mol. The summed E-state index contributed by atoms with van der Waals surface area (Å²) in [5, 5.41) is 9.83. The molecule has 0 amide bonds. The van der Waals surface area contributed by atoms with Gasteiger partial charge in [0, 0.05) is 29.9 Å². The Kier molecular flexibility index (Phi) is 3.67. The molecule has 3 aromatic heterocycles.